The Bertz CT molecular complexity index is 466. The van der Waals surface area contributed by atoms with Crippen molar-refractivity contribution in [3.63, 3.8) is 0 Å². The topological polar surface area (TPSA) is 67.8 Å². The van der Waals surface area contributed by atoms with Crippen molar-refractivity contribution in [3.8, 4) is 0 Å². The first-order chi connectivity index (χ1) is 9.13. The Morgan fingerprint density at radius 1 is 1.58 bits per heavy atom. The third kappa shape index (κ3) is 3.02. The summed E-state index contributed by atoms with van der Waals surface area (Å²) in [5, 5.41) is 11.2. The lowest BCUT2D eigenvalue weighted by Gasteiger charge is -2.33. The van der Waals surface area contributed by atoms with E-state index < -0.39 is 24.1 Å². The second-order valence-electron chi connectivity index (χ2n) is 4.39. The molecule has 0 saturated carbocycles. The van der Waals surface area contributed by atoms with Gasteiger partial charge in [-0.25, -0.2) is 9.18 Å². The summed E-state index contributed by atoms with van der Waals surface area (Å²) in [6, 6.07) is 4.05. The van der Waals surface area contributed by atoms with Gasteiger partial charge in [-0.05, 0) is 24.5 Å². The van der Waals surface area contributed by atoms with Gasteiger partial charge in [0.25, 0.3) is 0 Å². The fourth-order valence-corrected chi connectivity index (χ4v) is 2.43. The monoisotopic (exact) mass is 269 g/mol. The van der Waals surface area contributed by atoms with Crippen molar-refractivity contribution >= 4 is 6.09 Å². The first-order valence-electron chi connectivity index (χ1n) is 6.00. The van der Waals surface area contributed by atoms with E-state index in [0.717, 1.165) is 5.56 Å². The SMILES string of the molecule is COCO[C@@H]1CCc2cccc(F)c2[C@@H]1NC(=O)O. The minimum Gasteiger partial charge on any atom is -0.465 e. The molecule has 1 aliphatic carbocycles. The van der Waals surface area contributed by atoms with Gasteiger partial charge in [-0.2, -0.15) is 0 Å². The van der Waals surface area contributed by atoms with Crippen LogP contribution in [0.3, 0.4) is 0 Å². The number of fused-ring (bicyclic) bond motifs is 1. The molecular weight excluding hydrogens is 253 g/mol. The fraction of sp³-hybridized carbons (Fsp3) is 0.462. The fourth-order valence-electron chi connectivity index (χ4n) is 2.43. The zero-order valence-electron chi connectivity index (χ0n) is 10.6. The molecule has 6 heteroatoms. The maximum Gasteiger partial charge on any atom is 0.405 e. The second-order valence-corrected chi connectivity index (χ2v) is 4.39. The molecule has 1 aromatic carbocycles. The molecule has 2 atom stereocenters. The molecule has 0 aromatic heterocycles. The number of ether oxygens (including phenoxy) is 2. The van der Waals surface area contributed by atoms with Gasteiger partial charge < -0.3 is 19.9 Å². The zero-order valence-corrected chi connectivity index (χ0v) is 10.6. The van der Waals surface area contributed by atoms with Crippen molar-refractivity contribution < 1.29 is 23.8 Å². The summed E-state index contributed by atoms with van der Waals surface area (Å²) in [7, 11) is 1.48. The predicted octanol–water partition coefficient (Wildman–Crippen LogP) is 2.07. The number of hydrogen-bond acceptors (Lipinski definition) is 3. The van der Waals surface area contributed by atoms with Crippen LogP contribution in [-0.4, -0.2) is 31.2 Å². The molecule has 0 saturated heterocycles. The van der Waals surface area contributed by atoms with Gasteiger partial charge in [0.05, 0.1) is 12.1 Å². The lowest BCUT2D eigenvalue weighted by Crippen LogP contribution is -2.41. The highest BCUT2D eigenvalue weighted by atomic mass is 19.1. The number of carboxylic acid groups (broad SMARTS) is 1. The normalized spacial score (nSPS) is 21.8. The predicted molar refractivity (Wildman–Crippen MR) is 65.4 cm³/mol. The number of amides is 1. The Morgan fingerprint density at radius 3 is 3.05 bits per heavy atom. The van der Waals surface area contributed by atoms with E-state index in [2.05, 4.69) is 5.32 Å². The molecule has 0 unspecified atom stereocenters. The minimum absolute atomic E-state index is 0.0479. The minimum atomic E-state index is -1.20. The van der Waals surface area contributed by atoms with Crippen LogP contribution < -0.4 is 5.32 Å². The van der Waals surface area contributed by atoms with Crippen molar-refractivity contribution in [2.45, 2.75) is 25.0 Å². The molecule has 1 aromatic rings. The van der Waals surface area contributed by atoms with E-state index in [0.29, 0.717) is 18.4 Å². The van der Waals surface area contributed by atoms with Crippen LogP contribution in [0, 0.1) is 5.82 Å². The average molecular weight is 269 g/mol. The summed E-state index contributed by atoms with van der Waals surface area (Å²) < 4.78 is 24.2. The van der Waals surface area contributed by atoms with E-state index >= 15 is 0 Å². The van der Waals surface area contributed by atoms with Crippen molar-refractivity contribution in [3.05, 3.63) is 35.1 Å². The van der Waals surface area contributed by atoms with Crippen molar-refractivity contribution in [2.24, 2.45) is 0 Å². The van der Waals surface area contributed by atoms with Gasteiger partial charge >= 0.3 is 6.09 Å². The Kier molecular flexibility index (Phi) is 4.34. The molecule has 0 heterocycles. The van der Waals surface area contributed by atoms with Crippen LogP contribution in [-0.2, 0) is 15.9 Å². The zero-order chi connectivity index (χ0) is 13.8. The van der Waals surface area contributed by atoms with Crippen molar-refractivity contribution in [2.75, 3.05) is 13.9 Å². The Morgan fingerprint density at radius 2 is 2.37 bits per heavy atom. The largest absolute Gasteiger partial charge is 0.465 e. The molecule has 1 amide bonds. The molecule has 2 rings (SSSR count). The van der Waals surface area contributed by atoms with Gasteiger partial charge in [0.1, 0.15) is 12.6 Å². The van der Waals surface area contributed by atoms with E-state index in [1.807, 2.05) is 6.07 Å². The number of aryl methyl sites for hydroxylation is 1. The molecule has 1 aliphatic rings. The van der Waals surface area contributed by atoms with Gasteiger partial charge in [0.15, 0.2) is 0 Å². The molecule has 0 spiro atoms. The third-order valence-corrected chi connectivity index (χ3v) is 3.20. The van der Waals surface area contributed by atoms with E-state index in [-0.39, 0.29) is 6.79 Å². The van der Waals surface area contributed by atoms with Gasteiger partial charge in [0, 0.05) is 12.7 Å². The molecule has 2 N–H and O–H groups in total. The highest BCUT2D eigenvalue weighted by Gasteiger charge is 2.33. The lowest BCUT2D eigenvalue weighted by atomic mass is 9.85. The Labute approximate surface area is 110 Å². The molecule has 5 nitrogen and oxygen atoms in total. The second kappa shape index (κ2) is 5.99. The summed E-state index contributed by atoms with van der Waals surface area (Å²) in [5.74, 6) is -0.415. The first-order valence-corrected chi connectivity index (χ1v) is 6.00. The van der Waals surface area contributed by atoms with Gasteiger partial charge in [-0.1, -0.05) is 12.1 Å². The van der Waals surface area contributed by atoms with Crippen LogP contribution in [0.4, 0.5) is 9.18 Å². The van der Waals surface area contributed by atoms with Gasteiger partial charge in [-0.3, -0.25) is 0 Å². The van der Waals surface area contributed by atoms with Crippen LogP contribution in [0.2, 0.25) is 0 Å². The van der Waals surface area contributed by atoms with Crippen molar-refractivity contribution in [1.82, 2.24) is 5.32 Å². The number of halogens is 1. The number of nitrogens with one attached hydrogen (secondary N) is 1. The molecule has 0 radical (unpaired) electrons. The number of carbonyl (C=O) groups is 1. The molecule has 0 fully saturated rings. The highest BCUT2D eigenvalue weighted by Crippen LogP contribution is 2.33. The Hall–Kier alpha value is -1.66. The average Bonchev–Trinajstić information content (AvgIpc) is 2.37. The lowest BCUT2D eigenvalue weighted by molar-refractivity contribution is -0.0881. The van der Waals surface area contributed by atoms with E-state index in [1.165, 1.54) is 13.2 Å². The van der Waals surface area contributed by atoms with Crippen LogP contribution in [0.25, 0.3) is 0 Å². The Balaban J connectivity index is 2.31. The van der Waals surface area contributed by atoms with Crippen molar-refractivity contribution in [1.29, 1.82) is 0 Å². The molecule has 0 aliphatic heterocycles. The molecule has 104 valence electrons. The standard InChI is InChI=1S/C13H16FNO4/c1-18-7-19-10-6-5-8-3-2-4-9(14)11(8)12(10)15-13(16)17/h2-4,10,12,15H,5-7H2,1H3,(H,16,17)/t10-,12-/m1/s1. The van der Waals surface area contributed by atoms with Gasteiger partial charge in [0.2, 0.25) is 0 Å². The third-order valence-electron chi connectivity index (χ3n) is 3.20. The number of hydrogen-bond donors (Lipinski definition) is 2. The van der Waals surface area contributed by atoms with Crippen LogP contribution in [0.15, 0.2) is 18.2 Å². The number of methoxy groups -OCH3 is 1. The van der Waals surface area contributed by atoms with E-state index in [1.54, 1.807) is 6.07 Å². The summed E-state index contributed by atoms with van der Waals surface area (Å²) in [6.45, 7) is 0.0479. The van der Waals surface area contributed by atoms with E-state index in [4.69, 9.17) is 14.6 Å². The highest BCUT2D eigenvalue weighted by molar-refractivity contribution is 5.65. The van der Waals surface area contributed by atoms with E-state index in [9.17, 15) is 9.18 Å². The van der Waals surface area contributed by atoms with Gasteiger partial charge in [-0.15, -0.1) is 0 Å². The number of benzene rings is 1. The van der Waals surface area contributed by atoms with Crippen LogP contribution >= 0.6 is 0 Å². The van der Waals surface area contributed by atoms with Crippen LogP contribution in [0.1, 0.15) is 23.6 Å². The maximum absolute atomic E-state index is 13.9. The molecule has 19 heavy (non-hydrogen) atoms. The molecular formula is C13H16FNO4. The number of rotatable bonds is 4. The summed E-state index contributed by atoms with van der Waals surface area (Å²) in [6.07, 6.45) is -0.364. The maximum atomic E-state index is 13.9. The first kappa shape index (κ1) is 13.8. The van der Waals surface area contributed by atoms with Crippen LogP contribution in [0.5, 0.6) is 0 Å². The summed E-state index contributed by atoms with van der Waals surface area (Å²) >= 11 is 0. The summed E-state index contributed by atoms with van der Waals surface area (Å²) in [5.41, 5.74) is 1.19. The quantitative estimate of drug-likeness (QED) is 0.821. The molecule has 0 bridgehead atoms. The smallest absolute Gasteiger partial charge is 0.405 e. The summed E-state index contributed by atoms with van der Waals surface area (Å²) in [4.78, 5) is 10.9.